The zero-order valence-electron chi connectivity index (χ0n) is 30.8. The third kappa shape index (κ3) is 5.74. The number of rotatable bonds is 6. The van der Waals surface area contributed by atoms with Crippen LogP contribution in [0.1, 0.15) is 0 Å². The van der Waals surface area contributed by atoms with E-state index >= 15 is 0 Å². The molecule has 11 aromatic rings. The maximum atomic E-state index is 6.65. The lowest BCUT2D eigenvalue weighted by atomic mass is 9.88. The molecule has 0 unspecified atom stereocenters. The average Bonchev–Trinajstić information content (AvgIpc) is 3.67. The summed E-state index contributed by atoms with van der Waals surface area (Å²) in [6, 6.07) is 69.6. The van der Waals surface area contributed by atoms with E-state index in [9.17, 15) is 0 Å². The first kappa shape index (κ1) is 32.7. The molecular formula is C53H33N3O. The van der Waals surface area contributed by atoms with Gasteiger partial charge in [-0.15, -0.1) is 0 Å². The molecule has 0 saturated carbocycles. The minimum atomic E-state index is 0.682. The highest BCUT2D eigenvalue weighted by molar-refractivity contribution is 6.27. The molecule has 0 bridgehead atoms. The van der Waals surface area contributed by atoms with Gasteiger partial charge in [0.05, 0.1) is 22.6 Å². The van der Waals surface area contributed by atoms with E-state index in [1.807, 2.05) is 48.5 Å². The minimum Gasteiger partial charge on any atom is -0.456 e. The van der Waals surface area contributed by atoms with Crippen LogP contribution in [-0.4, -0.2) is 15.0 Å². The van der Waals surface area contributed by atoms with Crippen LogP contribution in [0.3, 0.4) is 0 Å². The number of nitrogens with zero attached hydrogens (tertiary/aromatic N) is 3. The number of furan rings is 1. The van der Waals surface area contributed by atoms with Gasteiger partial charge in [-0.05, 0) is 53.1 Å². The van der Waals surface area contributed by atoms with Crippen LogP contribution in [0.2, 0.25) is 0 Å². The van der Waals surface area contributed by atoms with E-state index in [1.54, 1.807) is 0 Å². The average molecular weight is 728 g/mol. The highest BCUT2D eigenvalue weighted by Crippen LogP contribution is 2.47. The van der Waals surface area contributed by atoms with Crippen molar-refractivity contribution in [3.63, 3.8) is 0 Å². The molecule has 0 N–H and O–H groups in total. The largest absolute Gasteiger partial charge is 0.456 e. The zero-order chi connectivity index (χ0) is 37.7. The fraction of sp³-hybridized carbons (Fsp3) is 0. The molecule has 0 aliphatic rings. The smallest absolute Gasteiger partial charge is 0.160 e. The maximum absolute atomic E-state index is 6.65. The molecule has 0 radical (unpaired) electrons. The van der Waals surface area contributed by atoms with Gasteiger partial charge in [-0.2, -0.15) is 0 Å². The summed E-state index contributed by atoms with van der Waals surface area (Å²) in [4.78, 5) is 15.5. The molecule has 0 amide bonds. The fourth-order valence-corrected chi connectivity index (χ4v) is 8.20. The Bertz CT molecular complexity index is 3220. The van der Waals surface area contributed by atoms with Crippen molar-refractivity contribution in [3.8, 4) is 67.4 Å². The molecule has 0 spiro atoms. The lowest BCUT2D eigenvalue weighted by molar-refractivity contribution is 0.669. The summed E-state index contributed by atoms with van der Waals surface area (Å²) in [5.41, 5.74) is 13.9. The van der Waals surface area contributed by atoms with Gasteiger partial charge in [0, 0.05) is 54.7 Å². The fourth-order valence-electron chi connectivity index (χ4n) is 8.20. The summed E-state index contributed by atoms with van der Waals surface area (Å²) in [7, 11) is 0. The molecule has 0 aliphatic heterocycles. The molecule has 3 heterocycles. The van der Waals surface area contributed by atoms with Crippen molar-refractivity contribution in [2.45, 2.75) is 0 Å². The SMILES string of the molecule is c1ccc(-c2cc(-c3ccccc3)nc(-c3cccc(-c4cccc(-c5c6c(cc7c(-c8ccccc8)nc8ccccc8c57)oc5ccccc56)c4)c3)n2)cc1. The monoisotopic (exact) mass is 727 g/mol. The summed E-state index contributed by atoms with van der Waals surface area (Å²) in [5.74, 6) is 0.682. The van der Waals surface area contributed by atoms with Crippen molar-refractivity contribution in [2.75, 3.05) is 0 Å². The Morgan fingerprint density at radius 1 is 0.316 bits per heavy atom. The molecular weight excluding hydrogens is 695 g/mol. The Labute approximate surface area is 329 Å². The molecule has 0 atom stereocenters. The van der Waals surface area contributed by atoms with Gasteiger partial charge in [0.25, 0.3) is 0 Å². The van der Waals surface area contributed by atoms with Gasteiger partial charge < -0.3 is 4.42 Å². The van der Waals surface area contributed by atoms with Gasteiger partial charge in [0.2, 0.25) is 0 Å². The van der Waals surface area contributed by atoms with Gasteiger partial charge in [-0.3, -0.25) is 0 Å². The van der Waals surface area contributed by atoms with Crippen molar-refractivity contribution in [1.29, 1.82) is 0 Å². The van der Waals surface area contributed by atoms with E-state index in [0.717, 1.165) is 105 Å². The second-order valence-electron chi connectivity index (χ2n) is 14.3. The third-order valence-electron chi connectivity index (χ3n) is 10.8. The van der Waals surface area contributed by atoms with Crippen LogP contribution < -0.4 is 0 Å². The molecule has 0 saturated heterocycles. The molecule has 57 heavy (non-hydrogen) atoms. The first-order chi connectivity index (χ1) is 28.2. The minimum absolute atomic E-state index is 0.682. The second-order valence-corrected chi connectivity index (χ2v) is 14.3. The van der Waals surface area contributed by atoms with E-state index in [4.69, 9.17) is 19.4 Å². The Balaban J connectivity index is 1.13. The van der Waals surface area contributed by atoms with E-state index in [-0.39, 0.29) is 0 Å². The standard InChI is InChI=1S/C53H33N3O/c1-4-16-34(17-5-1)45-33-46(35-18-6-2-7-19-35)56-53(55-45)40-25-15-23-38(31-40)37-22-14-24-39(30-37)49-50-41-26-10-12-28-44(41)54-52(36-20-8-3-9-21-36)43(50)32-48-51(49)42-27-11-13-29-47(42)57-48/h1-33H. The van der Waals surface area contributed by atoms with E-state index in [1.165, 1.54) is 0 Å². The highest BCUT2D eigenvalue weighted by atomic mass is 16.3. The normalized spacial score (nSPS) is 11.5. The predicted octanol–water partition coefficient (Wildman–Crippen LogP) is 14.1. The van der Waals surface area contributed by atoms with Gasteiger partial charge in [-0.25, -0.2) is 15.0 Å². The van der Waals surface area contributed by atoms with Crippen molar-refractivity contribution in [1.82, 2.24) is 15.0 Å². The van der Waals surface area contributed by atoms with Gasteiger partial charge >= 0.3 is 0 Å². The molecule has 0 fully saturated rings. The maximum Gasteiger partial charge on any atom is 0.160 e. The molecule has 266 valence electrons. The Kier molecular flexibility index (Phi) is 7.78. The lowest BCUT2D eigenvalue weighted by Crippen LogP contribution is -1.96. The molecule has 8 aromatic carbocycles. The first-order valence-corrected chi connectivity index (χ1v) is 19.2. The van der Waals surface area contributed by atoms with Crippen LogP contribution >= 0.6 is 0 Å². The summed E-state index contributed by atoms with van der Waals surface area (Å²) >= 11 is 0. The number of benzene rings is 8. The number of para-hydroxylation sites is 2. The second kappa shape index (κ2) is 13.6. The summed E-state index contributed by atoms with van der Waals surface area (Å²) in [5, 5.41) is 5.50. The first-order valence-electron chi connectivity index (χ1n) is 19.2. The van der Waals surface area contributed by atoms with E-state index in [2.05, 4.69) is 152 Å². The van der Waals surface area contributed by atoms with Crippen molar-refractivity contribution in [2.24, 2.45) is 0 Å². The summed E-state index contributed by atoms with van der Waals surface area (Å²) in [6.45, 7) is 0. The predicted molar refractivity (Wildman–Crippen MR) is 235 cm³/mol. The summed E-state index contributed by atoms with van der Waals surface area (Å²) < 4.78 is 6.65. The Hall–Kier alpha value is -7.69. The van der Waals surface area contributed by atoms with Crippen LogP contribution in [0.5, 0.6) is 0 Å². The topological polar surface area (TPSA) is 51.8 Å². The zero-order valence-corrected chi connectivity index (χ0v) is 30.8. The summed E-state index contributed by atoms with van der Waals surface area (Å²) in [6.07, 6.45) is 0. The van der Waals surface area contributed by atoms with Crippen LogP contribution in [0.25, 0.3) is 111 Å². The number of aromatic nitrogens is 3. The lowest BCUT2D eigenvalue weighted by Gasteiger charge is -2.16. The Morgan fingerprint density at radius 2 is 0.842 bits per heavy atom. The third-order valence-corrected chi connectivity index (χ3v) is 10.8. The van der Waals surface area contributed by atoms with Gasteiger partial charge in [0.1, 0.15) is 11.2 Å². The van der Waals surface area contributed by atoms with Crippen LogP contribution in [0, 0.1) is 0 Å². The quantitative estimate of drug-likeness (QED) is 0.160. The van der Waals surface area contributed by atoms with Crippen LogP contribution in [-0.2, 0) is 0 Å². The highest BCUT2D eigenvalue weighted by Gasteiger charge is 2.22. The van der Waals surface area contributed by atoms with Gasteiger partial charge in [0.15, 0.2) is 5.82 Å². The molecule has 0 aliphatic carbocycles. The van der Waals surface area contributed by atoms with Crippen molar-refractivity contribution >= 4 is 43.6 Å². The molecule has 4 nitrogen and oxygen atoms in total. The molecule has 3 aromatic heterocycles. The number of hydrogen-bond donors (Lipinski definition) is 0. The van der Waals surface area contributed by atoms with E-state index < -0.39 is 0 Å². The van der Waals surface area contributed by atoms with Crippen molar-refractivity contribution < 1.29 is 4.42 Å². The van der Waals surface area contributed by atoms with Gasteiger partial charge in [-0.1, -0.05) is 164 Å². The molecule has 4 heteroatoms. The number of fused-ring (bicyclic) bond motifs is 6. The van der Waals surface area contributed by atoms with Crippen molar-refractivity contribution in [3.05, 3.63) is 200 Å². The number of pyridine rings is 1. The number of hydrogen-bond acceptors (Lipinski definition) is 4. The molecule has 11 rings (SSSR count). The van der Waals surface area contributed by atoms with E-state index in [0.29, 0.717) is 5.82 Å². The van der Waals surface area contributed by atoms with Crippen LogP contribution in [0.15, 0.2) is 205 Å². The Morgan fingerprint density at radius 3 is 1.53 bits per heavy atom. The van der Waals surface area contributed by atoms with Crippen LogP contribution in [0.4, 0.5) is 0 Å².